The number of hydrogen-bond acceptors (Lipinski definition) is 7. The predicted molar refractivity (Wildman–Crippen MR) is 137 cm³/mol. The van der Waals surface area contributed by atoms with E-state index in [0.29, 0.717) is 18.8 Å². The van der Waals surface area contributed by atoms with E-state index in [0.717, 1.165) is 59.5 Å². The molecule has 0 aromatic heterocycles. The van der Waals surface area contributed by atoms with E-state index in [1.54, 1.807) is 0 Å². The molecule has 0 radical (unpaired) electrons. The molecule has 186 valence electrons. The van der Waals surface area contributed by atoms with Crippen LogP contribution in [-0.2, 0) is 16.0 Å². The Balaban J connectivity index is 1.82. The van der Waals surface area contributed by atoms with Crippen molar-refractivity contribution in [3.8, 4) is 0 Å². The van der Waals surface area contributed by atoms with Crippen molar-refractivity contribution in [2.24, 2.45) is 10.5 Å². The number of hydrogen-bond donors (Lipinski definition) is 0. The van der Waals surface area contributed by atoms with Gasteiger partial charge in [0, 0.05) is 24.2 Å². The third kappa shape index (κ3) is 5.81. The molecule has 1 atom stereocenters. The SMILES string of the molecule is CCN(CC)CCOC(=O)N1N=C(c2ccc3c(c2)CCCN3C(=O)C(C)(C)C)C(C)SC1=O. The van der Waals surface area contributed by atoms with Gasteiger partial charge in [-0.2, -0.15) is 5.10 Å². The highest BCUT2D eigenvalue weighted by Crippen LogP contribution is 2.34. The smallest absolute Gasteiger partial charge is 0.438 e. The lowest BCUT2D eigenvalue weighted by Gasteiger charge is -2.34. The molecule has 2 aliphatic heterocycles. The van der Waals surface area contributed by atoms with Crippen LogP contribution in [0, 0.1) is 5.41 Å². The molecular formula is C25H36N4O4S. The number of fused-ring (bicyclic) bond motifs is 1. The van der Waals surface area contributed by atoms with E-state index in [-0.39, 0.29) is 17.8 Å². The van der Waals surface area contributed by atoms with Gasteiger partial charge in [-0.3, -0.25) is 9.59 Å². The first-order valence-electron chi connectivity index (χ1n) is 12.0. The zero-order valence-corrected chi connectivity index (χ0v) is 21.9. The van der Waals surface area contributed by atoms with Crippen LogP contribution in [0.25, 0.3) is 0 Å². The second kappa shape index (κ2) is 10.9. The van der Waals surface area contributed by atoms with Crippen LogP contribution in [0.2, 0.25) is 0 Å². The number of amides is 3. The molecule has 0 N–H and O–H groups in total. The quantitative estimate of drug-likeness (QED) is 0.575. The molecule has 0 saturated carbocycles. The van der Waals surface area contributed by atoms with Crippen molar-refractivity contribution in [2.45, 2.75) is 59.6 Å². The number of rotatable bonds is 6. The van der Waals surface area contributed by atoms with Crippen molar-refractivity contribution >= 4 is 40.4 Å². The topological polar surface area (TPSA) is 82.5 Å². The number of ether oxygens (including phenoxy) is 1. The van der Waals surface area contributed by atoms with Gasteiger partial charge in [-0.15, -0.1) is 5.01 Å². The number of likely N-dealkylation sites (N-methyl/N-ethyl adjacent to an activating group) is 1. The highest BCUT2D eigenvalue weighted by molar-refractivity contribution is 8.14. The fourth-order valence-corrected chi connectivity index (χ4v) is 4.94. The van der Waals surface area contributed by atoms with Gasteiger partial charge < -0.3 is 14.5 Å². The number of carbonyl (C=O) groups excluding carboxylic acids is 3. The molecule has 9 heteroatoms. The van der Waals surface area contributed by atoms with Crippen molar-refractivity contribution in [3.63, 3.8) is 0 Å². The average molecular weight is 489 g/mol. The largest absolute Gasteiger partial charge is 0.446 e. The number of imide groups is 1. The third-order valence-electron chi connectivity index (χ3n) is 6.12. The highest BCUT2D eigenvalue weighted by atomic mass is 32.2. The van der Waals surface area contributed by atoms with Gasteiger partial charge in [-0.05, 0) is 56.1 Å². The van der Waals surface area contributed by atoms with Crippen LogP contribution in [0.15, 0.2) is 23.3 Å². The van der Waals surface area contributed by atoms with Gasteiger partial charge in [0.05, 0.1) is 11.0 Å². The van der Waals surface area contributed by atoms with Crippen LogP contribution in [0.1, 0.15) is 59.1 Å². The fourth-order valence-electron chi connectivity index (χ4n) is 4.13. The molecule has 2 heterocycles. The molecule has 1 aromatic carbocycles. The number of nitrogens with zero attached hydrogens (tertiary/aromatic N) is 4. The first-order valence-corrected chi connectivity index (χ1v) is 12.9. The maximum Gasteiger partial charge on any atom is 0.438 e. The molecule has 8 nitrogen and oxygen atoms in total. The van der Waals surface area contributed by atoms with Gasteiger partial charge in [0.15, 0.2) is 0 Å². The van der Waals surface area contributed by atoms with Crippen LogP contribution in [0.4, 0.5) is 15.3 Å². The molecule has 0 aliphatic carbocycles. The minimum absolute atomic E-state index is 0.101. The molecule has 0 bridgehead atoms. The molecule has 3 rings (SSSR count). The van der Waals surface area contributed by atoms with Crippen LogP contribution in [0.5, 0.6) is 0 Å². The minimum Gasteiger partial charge on any atom is -0.446 e. The fraction of sp³-hybridized carbons (Fsp3) is 0.600. The van der Waals surface area contributed by atoms with Crippen LogP contribution >= 0.6 is 11.8 Å². The molecular weight excluding hydrogens is 452 g/mol. The van der Waals surface area contributed by atoms with Crippen molar-refractivity contribution in [1.82, 2.24) is 9.91 Å². The summed E-state index contributed by atoms with van der Waals surface area (Å²) in [7, 11) is 0. The van der Waals surface area contributed by atoms with Gasteiger partial charge in [0.2, 0.25) is 5.91 Å². The van der Waals surface area contributed by atoms with E-state index < -0.39 is 16.7 Å². The average Bonchev–Trinajstić information content (AvgIpc) is 2.80. The third-order valence-corrected chi connectivity index (χ3v) is 7.08. The lowest BCUT2D eigenvalue weighted by molar-refractivity contribution is -0.125. The normalized spacial score (nSPS) is 18.6. The maximum absolute atomic E-state index is 12.9. The minimum atomic E-state index is -0.756. The number of carbonyl (C=O) groups is 3. The van der Waals surface area contributed by atoms with Gasteiger partial charge in [-0.1, -0.05) is 52.4 Å². The summed E-state index contributed by atoms with van der Waals surface area (Å²) < 4.78 is 5.33. The summed E-state index contributed by atoms with van der Waals surface area (Å²) in [5.41, 5.74) is 3.03. The van der Waals surface area contributed by atoms with Crippen molar-refractivity contribution in [1.29, 1.82) is 0 Å². The van der Waals surface area contributed by atoms with E-state index in [1.807, 2.05) is 64.6 Å². The standard InChI is InChI=1S/C25H36N4O4S/c1-7-27(8-2)14-15-33-23(31)29-24(32)34-17(3)21(26-29)19-11-12-20-18(16-19)10-9-13-28(20)22(30)25(4,5)6/h11-12,16-17H,7-10,13-15H2,1-6H3. The first kappa shape index (κ1) is 26.2. The number of anilines is 1. The Morgan fingerprint density at radius 3 is 2.59 bits per heavy atom. The first-order chi connectivity index (χ1) is 16.1. The Labute approximate surface area is 206 Å². The lowest BCUT2D eigenvalue weighted by atomic mass is 9.91. The van der Waals surface area contributed by atoms with Crippen LogP contribution < -0.4 is 4.90 Å². The molecule has 0 fully saturated rings. The summed E-state index contributed by atoms with van der Waals surface area (Å²) in [6, 6.07) is 5.91. The maximum atomic E-state index is 12.9. The summed E-state index contributed by atoms with van der Waals surface area (Å²) in [5.74, 6) is 0.101. The van der Waals surface area contributed by atoms with Gasteiger partial charge >= 0.3 is 11.3 Å². The Kier molecular flexibility index (Phi) is 8.41. The van der Waals surface area contributed by atoms with E-state index in [4.69, 9.17) is 4.74 Å². The zero-order valence-electron chi connectivity index (χ0n) is 21.1. The van der Waals surface area contributed by atoms with E-state index in [9.17, 15) is 14.4 Å². The van der Waals surface area contributed by atoms with Gasteiger partial charge in [0.25, 0.3) is 0 Å². The summed E-state index contributed by atoms with van der Waals surface area (Å²) in [4.78, 5) is 42.0. The molecule has 1 unspecified atom stereocenters. The summed E-state index contributed by atoms with van der Waals surface area (Å²) >= 11 is 1.06. The number of benzene rings is 1. The molecule has 0 saturated heterocycles. The summed E-state index contributed by atoms with van der Waals surface area (Å²) in [6.07, 6.45) is 0.995. The highest BCUT2D eigenvalue weighted by Gasteiger charge is 2.35. The molecule has 2 aliphatic rings. The van der Waals surface area contributed by atoms with Crippen LogP contribution in [0.3, 0.4) is 0 Å². The second-order valence-corrected chi connectivity index (χ2v) is 10.9. The second-order valence-electron chi connectivity index (χ2n) is 9.62. The Hall–Kier alpha value is -2.39. The number of hydrazone groups is 1. The Morgan fingerprint density at radius 2 is 1.94 bits per heavy atom. The number of thioether (sulfide) groups is 1. The monoisotopic (exact) mass is 488 g/mol. The van der Waals surface area contributed by atoms with Crippen molar-refractivity contribution < 1.29 is 19.1 Å². The Bertz CT molecular complexity index is 968. The molecule has 34 heavy (non-hydrogen) atoms. The van der Waals surface area contributed by atoms with E-state index in [2.05, 4.69) is 10.0 Å². The molecule has 0 spiro atoms. The summed E-state index contributed by atoms with van der Waals surface area (Å²) in [6.45, 7) is 15.0. The van der Waals surface area contributed by atoms with Crippen LogP contribution in [-0.4, -0.2) is 70.9 Å². The molecule has 1 aromatic rings. The summed E-state index contributed by atoms with van der Waals surface area (Å²) in [5, 5.41) is 4.59. The van der Waals surface area contributed by atoms with Gasteiger partial charge in [0.1, 0.15) is 6.61 Å². The van der Waals surface area contributed by atoms with Gasteiger partial charge in [-0.25, -0.2) is 4.79 Å². The lowest BCUT2D eigenvalue weighted by Crippen LogP contribution is -2.42. The molecule has 3 amide bonds. The Morgan fingerprint density at radius 1 is 1.24 bits per heavy atom. The van der Waals surface area contributed by atoms with E-state index >= 15 is 0 Å². The number of aryl methyl sites for hydroxylation is 1. The van der Waals surface area contributed by atoms with Crippen molar-refractivity contribution in [2.75, 3.05) is 37.7 Å². The predicted octanol–water partition coefficient (Wildman–Crippen LogP) is 4.75. The zero-order chi connectivity index (χ0) is 25.0. The van der Waals surface area contributed by atoms with E-state index in [1.165, 1.54) is 0 Å². The van der Waals surface area contributed by atoms with Crippen molar-refractivity contribution in [3.05, 3.63) is 29.3 Å².